The number of fused-ring (bicyclic) bond motifs is 1. The predicted octanol–water partition coefficient (Wildman–Crippen LogP) is 4.75. The van der Waals surface area contributed by atoms with E-state index in [0.717, 1.165) is 42.9 Å². The normalized spacial score (nSPS) is 21.6. The van der Waals surface area contributed by atoms with Crippen LogP contribution in [0.2, 0.25) is 0 Å². The van der Waals surface area contributed by atoms with Gasteiger partial charge in [0.2, 0.25) is 0 Å². The molecule has 1 aliphatic rings. The first-order valence-electron chi connectivity index (χ1n) is 7.92. The van der Waals surface area contributed by atoms with E-state index in [9.17, 15) is 0 Å². The van der Waals surface area contributed by atoms with Crippen molar-refractivity contribution in [1.29, 1.82) is 0 Å². The van der Waals surface area contributed by atoms with Crippen molar-refractivity contribution >= 4 is 26.7 Å². The minimum absolute atomic E-state index is 0.0581. The third-order valence-electron chi connectivity index (χ3n) is 4.73. The van der Waals surface area contributed by atoms with Gasteiger partial charge in [-0.15, -0.1) is 0 Å². The van der Waals surface area contributed by atoms with Crippen LogP contribution in [0.1, 0.15) is 45.1 Å². The van der Waals surface area contributed by atoms with Crippen LogP contribution in [0.3, 0.4) is 0 Å². The van der Waals surface area contributed by atoms with Crippen molar-refractivity contribution in [3.8, 4) is 0 Å². The van der Waals surface area contributed by atoms with Gasteiger partial charge in [0, 0.05) is 12.6 Å². The number of para-hydroxylation sites is 1. The number of hydrogen-bond donors (Lipinski definition) is 1. The molecular weight excluding hydrogens is 280 g/mol. The molecule has 21 heavy (non-hydrogen) atoms. The monoisotopic (exact) mass is 304 g/mol. The molecule has 1 atom stereocenters. The fraction of sp³-hybridized carbons (Fsp3) is 0.588. The summed E-state index contributed by atoms with van der Waals surface area (Å²) in [5.41, 5.74) is 2.44. The maximum Gasteiger partial charge on any atom is 0.184 e. The lowest BCUT2D eigenvalue weighted by Gasteiger charge is -2.40. The van der Waals surface area contributed by atoms with E-state index in [1.807, 2.05) is 0 Å². The topological polar surface area (TPSA) is 34.2 Å². The Balaban J connectivity index is 1.77. The van der Waals surface area contributed by atoms with E-state index in [4.69, 9.17) is 9.72 Å². The molecular formula is C17H24N2OS. The molecule has 114 valence electrons. The third-order valence-corrected chi connectivity index (χ3v) is 5.68. The van der Waals surface area contributed by atoms with E-state index in [0.29, 0.717) is 6.04 Å². The molecule has 0 amide bonds. The number of thiazole rings is 1. The Kier molecular flexibility index (Phi) is 4.18. The molecule has 1 unspecified atom stereocenters. The molecule has 1 aromatic heterocycles. The van der Waals surface area contributed by atoms with E-state index in [2.05, 4.69) is 44.3 Å². The molecule has 3 nitrogen and oxygen atoms in total. The Bertz CT molecular complexity index is 618. The average molecular weight is 304 g/mol. The quantitative estimate of drug-likeness (QED) is 0.884. The number of benzene rings is 1. The minimum Gasteiger partial charge on any atom is -0.375 e. The van der Waals surface area contributed by atoms with Gasteiger partial charge in [-0.2, -0.15) is 0 Å². The predicted molar refractivity (Wildman–Crippen MR) is 90.3 cm³/mol. The minimum atomic E-state index is 0.0581. The van der Waals surface area contributed by atoms with Crippen molar-refractivity contribution in [2.24, 2.45) is 0 Å². The smallest absolute Gasteiger partial charge is 0.184 e. The number of nitrogens with one attached hydrogen (secondary N) is 1. The highest BCUT2D eigenvalue weighted by molar-refractivity contribution is 7.22. The Labute approximate surface area is 130 Å². The van der Waals surface area contributed by atoms with Crippen LogP contribution in [0.5, 0.6) is 0 Å². The highest BCUT2D eigenvalue weighted by Gasteiger charge is 2.34. The van der Waals surface area contributed by atoms with Gasteiger partial charge in [-0.1, -0.05) is 37.3 Å². The molecule has 1 aromatic carbocycles. The van der Waals surface area contributed by atoms with Crippen molar-refractivity contribution in [3.63, 3.8) is 0 Å². The standard InChI is InChI=1S/C17H24N2OS/c1-4-17(5-2)11-13(9-10-20-17)18-16-19-15-12(3)7-6-8-14(15)21-16/h6-8,13H,4-5,9-11H2,1-3H3,(H,18,19). The number of rotatable bonds is 4. The zero-order valence-electron chi connectivity index (χ0n) is 13.1. The number of anilines is 1. The van der Waals surface area contributed by atoms with Crippen molar-refractivity contribution in [2.75, 3.05) is 11.9 Å². The lowest BCUT2D eigenvalue weighted by Crippen LogP contribution is -2.43. The summed E-state index contributed by atoms with van der Waals surface area (Å²) in [5, 5.41) is 4.70. The van der Waals surface area contributed by atoms with Crippen LogP contribution < -0.4 is 5.32 Å². The number of aromatic nitrogens is 1. The molecule has 0 saturated carbocycles. The van der Waals surface area contributed by atoms with Crippen molar-refractivity contribution in [1.82, 2.24) is 4.98 Å². The lowest BCUT2D eigenvalue weighted by molar-refractivity contribution is -0.0864. The number of ether oxygens (including phenoxy) is 1. The van der Waals surface area contributed by atoms with Crippen LogP contribution >= 0.6 is 11.3 Å². The molecule has 1 N–H and O–H groups in total. The van der Waals surface area contributed by atoms with Crippen LogP contribution in [0.4, 0.5) is 5.13 Å². The van der Waals surface area contributed by atoms with E-state index in [1.165, 1.54) is 10.3 Å². The summed E-state index contributed by atoms with van der Waals surface area (Å²) >= 11 is 1.76. The molecule has 1 saturated heterocycles. The summed E-state index contributed by atoms with van der Waals surface area (Å²) < 4.78 is 7.32. The first-order chi connectivity index (χ1) is 10.2. The van der Waals surface area contributed by atoms with E-state index < -0.39 is 0 Å². The van der Waals surface area contributed by atoms with Gasteiger partial charge in [0.1, 0.15) is 0 Å². The van der Waals surface area contributed by atoms with Crippen LogP contribution in [0.25, 0.3) is 10.2 Å². The van der Waals surface area contributed by atoms with Crippen molar-refractivity contribution in [3.05, 3.63) is 23.8 Å². The molecule has 4 heteroatoms. The Morgan fingerprint density at radius 3 is 2.90 bits per heavy atom. The highest BCUT2D eigenvalue weighted by atomic mass is 32.1. The molecule has 2 heterocycles. The van der Waals surface area contributed by atoms with Crippen molar-refractivity contribution in [2.45, 2.75) is 58.1 Å². The molecule has 2 aromatic rings. The van der Waals surface area contributed by atoms with Gasteiger partial charge in [0.15, 0.2) is 5.13 Å². The summed E-state index contributed by atoms with van der Waals surface area (Å²) in [6.45, 7) is 7.43. The molecule has 0 aliphatic carbocycles. The average Bonchev–Trinajstić information content (AvgIpc) is 2.91. The van der Waals surface area contributed by atoms with Gasteiger partial charge >= 0.3 is 0 Å². The van der Waals surface area contributed by atoms with Crippen LogP contribution in [-0.4, -0.2) is 23.2 Å². The highest BCUT2D eigenvalue weighted by Crippen LogP contribution is 2.34. The zero-order chi connectivity index (χ0) is 14.9. The molecule has 0 spiro atoms. The number of nitrogens with zero attached hydrogens (tertiary/aromatic N) is 1. The largest absolute Gasteiger partial charge is 0.375 e. The lowest BCUT2D eigenvalue weighted by atomic mass is 9.86. The molecule has 0 bridgehead atoms. The van der Waals surface area contributed by atoms with Crippen LogP contribution in [0, 0.1) is 6.92 Å². The maximum atomic E-state index is 6.05. The number of aryl methyl sites for hydroxylation is 1. The van der Waals surface area contributed by atoms with E-state index in [-0.39, 0.29) is 5.60 Å². The second-order valence-corrected chi connectivity index (χ2v) is 7.04. The SMILES string of the molecule is CCC1(CC)CC(Nc2nc3c(C)cccc3s2)CCO1. The second kappa shape index (κ2) is 5.93. The summed E-state index contributed by atoms with van der Waals surface area (Å²) in [6.07, 6.45) is 4.31. The van der Waals surface area contributed by atoms with E-state index >= 15 is 0 Å². The maximum absolute atomic E-state index is 6.05. The third kappa shape index (κ3) is 2.92. The second-order valence-electron chi connectivity index (χ2n) is 6.01. The molecule has 1 fully saturated rings. The van der Waals surface area contributed by atoms with Gasteiger partial charge in [0.25, 0.3) is 0 Å². The fourth-order valence-electron chi connectivity index (χ4n) is 3.22. The van der Waals surface area contributed by atoms with Gasteiger partial charge in [-0.05, 0) is 44.2 Å². The molecule has 1 aliphatic heterocycles. The first kappa shape index (κ1) is 14.8. The summed E-state index contributed by atoms with van der Waals surface area (Å²) in [7, 11) is 0. The molecule has 0 radical (unpaired) electrons. The van der Waals surface area contributed by atoms with E-state index in [1.54, 1.807) is 11.3 Å². The van der Waals surface area contributed by atoms with Gasteiger partial charge in [0.05, 0.1) is 15.8 Å². The summed E-state index contributed by atoms with van der Waals surface area (Å²) in [5.74, 6) is 0. The van der Waals surface area contributed by atoms with Crippen LogP contribution in [0.15, 0.2) is 18.2 Å². The number of hydrogen-bond acceptors (Lipinski definition) is 4. The molecule has 3 rings (SSSR count). The van der Waals surface area contributed by atoms with Crippen molar-refractivity contribution < 1.29 is 4.74 Å². The van der Waals surface area contributed by atoms with Crippen LogP contribution in [-0.2, 0) is 4.74 Å². The van der Waals surface area contributed by atoms with Gasteiger partial charge in [-0.3, -0.25) is 0 Å². The Morgan fingerprint density at radius 1 is 1.38 bits per heavy atom. The Hall–Kier alpha value is -1.13. The Morgan fingerprint density at radius 2 is 2.19 bits per heavy atom. The summed E-state index contributed by atoms with van der Waals surface area (Å²) in [4.78, 5) is 4.77. The van der Waals surface area contributed by atoms with Gasteiger partial charge in [-0.25, -0.2) is 4.98 Å². The first-order valence-corrected chi connectivity index (χ1v) is 8.74. The van der Waals surface area contributed by atoms with Gasteiger partial charge < -0.3 is 10.1 Å². The zero-order valence-corrected chi connectivity index (χ0v) is 13.9. The summed E-state index contributed by atoms with van der Waals surface area (Å²) in [6, 6.07) is 6.85. The fourth-order valence-corrected chi connectivity index (χ4v) is 4.24.